The summed E-state index contributed by atoms with van der Waals surface area (Å²) in [5, 5.41) is 2.58. The average molecular weight is 401 g/mol. The lowest BCUT2D eigenvalue weighted by Crippen LogP contribution is -2.46. The van der Waals surface area contributed by atoms with Crippen molar-refractivity contribution in [1.29, 1.82) is 0 Å². The molecule has 0 bridgehead atoms. The van der Waals surface area contributed by atoms with Crippen LogP contribution in [0.3, 0.4) is 0 Å². The summed E-state index contributed by atoms with van der Waals surface area (Å²) in [5.74, 6) is -1.77. The molecular weight excluding hydrogens is 385 g/mol. The minimum atomic E-state index is -0.659. The highest BCUT2D eigenvalue weighted by atomic mass is 127. The summed E-state index contributed by atoms with van der Waals surface area (Å²) in [7, 11) is 0. The molecule has 0 radical (unpaired) electrons. The summed E-state index contributed by atoms with van der Waals surface area (Å²) in [6, 6.07) is 7.18. The van der Waals surface area contributed by atoms with Crippen LogP contribution in [0.2, 0.25) is 0 Å². The van der Waals surface area contributed by atoms with Crippen LogP contribution in [0, 0.1) is 9.49 Å². The van der Waals surface area contributed by atoms with Gasteiger partial charge >= 0.3 is 11.8 Å². The third kappa shape index (κ3) is 4.16. The Kier molecular flexibility index (Phi) is 5.16. The molecule has 7 heteroatoms. The van der Waals surface area contributed by atoms with Crippen molar-refractivity contribution in [2.45, 2.75) is 12.8 Å². The van der Waals surface area contributed by atoms with Crippen molar-refractivity contribution in [3.8, 4) is 0 Å². The molecule has 0 aliphatic carbocycles. The van der Waals surface area contributed by atoms with E-state index >= 15 is 0 Å². The van der Waals surface area contributed by atoms with Crippen molar-refractivity contribution in [2.24, 2.45) is 11.7 Å². The molecule has 0 unspecified atom stereocenters. The van der Waals surface area contributed by atoms with Gasteiger partial charge in [0.05, 0.1) is 0 Å². The zero-order chi connectivity index (χ0) is 15.4. The zero-order valence-electron chi connectivity index (χ0n) is 11.3. The fourth-order valence-corrected chi connectivity index (χ4v) is 2.59. The van der Waals surface area contributed by atoms with Crippen LogP contribution in [0.4, 0.5) is 5.69 Å². The van der Waals surface area contributed by atoms with Gasteiger partial charge in [-0.1, -0.05) is 0 Å². The summed E-state index contributed by atoms with van der Waals surface area (Å²) < 4.78 is 1.05. The predicted octanol–water partition coefficient (Wildman–Crippen LogP) is 0.954. The second kappa shape index (κ2) is 6.88. The van der Waals surface area contributed by atoms with Crippen LogP contribution in [0.15, 0.2) is 24.3 Å². The second-order valence-corrected chi connectivity index (χ2v) is 6.18. The van der Waals surface area contributed by atoms with E-state index in [0.717, 1.165) is 3.57 Å². The van der Waals surface area contributed by atoms with E-state index in [-0.39, 0.29) is 11.8 Å². The number of amides is 3. The Hall–Kier alpha value is -1.64. The molecule has 1 aromatic carbocycles. The van der Waals surface area contributed by atoms with Gasteiger partial charge in [-0.25, -0.2) is 0 Å². The molecule has 0 aromatic heterocycles. The molecule has 0 saturated carbocycles. The van der Waals surface area contributed by atoms with Gasteiger partial charge in [0.25, 0.3) is 0 Å². The molecule has 1 fully saturated rings. The number of likely N-dealkylation sites (tertiary alicyclic amines) is 1. The molecule has 1 heterocycles. The van der Waals surface area contributed by atoms with Crippen LogP contribution in [0.25, 0.3) is 0 Å². The van der Waals surface area contributed by atoms with E-state index in [2.05, 4.69) is 27.9 Å². The quantitative estimate of drug-likeness (QED) is 0.571. The van der Waals surface area contributed by atoms with Gasteiger partial charge in [0.2, 0.25) is 5.91 Å². The van der Waals surface area contributed by atoms with Gasteiger partial charge in [0, 0.05) is 28.3 Å². The van der Waals surface area contributed by atoms with Gasteiger partial charge in [-0.3, -0.25) is 14.4 Å². The van der Waals surface area contributed by atoms with Crippen LogP contribution in [-0.2, 0) is 14.4 Å². The number of halogens is 1. The van der Waals surface area contributed by atoms with Crippen LogP contribution < -0.4 is 11.1 Å². The number of nitrogens with one attached hydrogen (secondary N) is 1. The van der Waals surface area contributed by atoms with E-state index in [1.807, 2.05) is 12.1 Å². The summed E-state index contributed by atoms with van der Waals surface area (Å²) in [5.41, 5.74) is 5.82. The summed E-state index contributed by atoms with van der Waals surface area (Å²) in [6.45, 7) is 0.763. The van der Waals surface area contributed by atoms with Crippen molar-refractivity contribution in [3.05, 3.63) is 27.8 Å². The lowest BCUT2D eigenvalue weighted by Gasteiger charge is -2.29. The zero-order valence-corrected chi connectivity index (χ0v) is 13.5. The first-order chi connectivity index (χ1) is 9.97. The van der Waals surface area contributed by atoms with E-state index in [1.54, 1.807) is 12.1 Å². The first-order valence-electron chi connectivity index (χ1n) is 6.62. The number of rotatable bonds is 2. The maximum absolute atomic E-state index is 12.0. The molecule has 112 valence electrons. The molecule has 6 nitrogen and oxygen atoms in total. The molecular formula is C14H16IN3O3. The van der Waals surface area contributed by atoms with Gasteiger partial charge < -0.3 is 16.0 Å². The Morgan fingerprint density at radius 1 is 1.14 bits per heavy atom. The fraction of sp³-hybridized carbons (Fsp3) is 0.357. The molecule has 2 rings (SSSR count). The van der Waals surface area contributed by atoms with Crippen molar-refractivity contribution >= 4 is 46.0 Å². The molecule has 1 aromatic rings. The number of hydrogen-bond donors (Lipinski definition) is 2. The van der Waals surface area contributed by atoms with Gasteiger partial charge in [0.15, 0.2) is 0 Å². The lowest BCUT2D eigenvalue weighted by molar-refractivity contribution is -0.144. The number of carbonyl (C=O) groups is 3. The third-order valence-corrected chi connectivity index (χ3v) is 4.20. The van der Waals surface area contributed by atoms with Crippen LogP contribution in [-0.4, -0.2) is 35.7 Å². The number of hydrogen-bond acceptors (Lipinski definition) is 3. The molecule has 1 aliphatic rings. The maximum Gasteiger partial charge on any atom is 0.313 e. The maximum atomic E-state index is 12.0. The van der Waals surface area contributed by atoms with Gasteiger partial charge in [-0.2, -0.15) is 0 Å². The normalized spacial score (nSPS) is 15.6. The summed E-state index contributed by atoms with van der Waals surface area (Å²) in [4.78, 5) is 36.5. The Balaban J connectivity index is 1.90. The van der Waals surface area contributed by atoms with Crippen molar-refractivity contribution in [3.63, 3.8) is 0 Å². The van der Waals surface area contributed by atoms with E-state index in [0.29, 0.717) is 31.6 Å². The third-order valence-electron chi connectivity index (χ3n) is 3.48. The number of carbonyl (C=O) groups excluding carboxylic acids is 3. The Morgan fingerprint density at radius 3 is 2.24 bits per heavy atom. The van der Waals surface area contributed by atoms with E-state index < -0.39 is 11.8 Å². The number of anilines is 1. The van der Waals surface area contributed by atoms with Crippen LogP contribution >= 0.6 is 22.6 Å². The minimum absolute atomic E-state index is 0.201. The Morgan fingerprint density at radius 2 is 1.71 bits per heavy atom. The monoisotopic (exact) mass is 401 g/mol. The van der Waals surface area contributed by atoms with E-state index in [1.165, 1.54) is 4.90 Å². The SMILES string of the molecule is NC(=O)C1CCN(C(=O)C(=O)Nc2ccc(I)cc2)CC1. The first-order valence-corrected chi connectivity index (χ1v) is 7.70. The number of benzene rings is 1. The van der Waals surface area contributed by atoms with Crippen molar-refractivity contribution < 1.29 is 14.4 Å². The summed E-state index contributed by atoms with van der Waals surface area (Å²) in [6.07, 6.45) is 1.02. The molecule has 0 spiro atoms. The lowest BCUT2D eigenvalue weighted by atomic mass is 9.96. The summed E-state index contributed by atoms with van der Waals surface area (Å²) >= 11 is 2.16. The second-order valence-electron chi connectivity index (χ2n) is 4.93. The standard InChI is InChI=1S/C14H16IN3O3/c15-10-1-3-11(4-2-10)17-13(20)14(21)18-7-5-9(6-8-18)12(16)19/h1-4,9H,5-8H2,(H2,16,19)(H,17,20). The highest BCUT2D eigenvalue weighted by Crippen LogP contribution is 2.17. The van der Waals surface area contributed by atoms with Crippen LogP contribution in [0.5, 0.6) is 0 Å². The van der Waals surface area contributed by atoms with E-state index in [9.17, 15) is 14.4 Å². The van der Waals surface area contributed by atoms with Gasteiger partial charge in [0.1, 0.15) is 0 Å². The smallest absolute Gasteiger partial charge is 0.313 e. The number of nitrogens with zero attached hydrogens (tertiary/aromatic N) is 1. The first kappa shape index (κ1) is 15.7. The fourth-order valence-electron chi connectivity index (χ4n) is 2.23. The number of nitrogens with two attached hydrogens (primary N) is 1. The molecule has 3 N–H and O–H groups in total. The van der Waals surface area contributed by atoms with Gasteiger partial charge in [-0.15, -0.1) is 0 Å². The molecule has 1 saturated heterocycles. The average Bonchev–Trinajstić information content (AvgIpc) is 2.49. The molecule has 3 amide bonds. The molecule has 0 atom stereocenters. The number of piperidine rings is 1. The predicted molar refractivity (Wildman–Crippen MR) is 86.3 cm³/mol. The van der Waals surface area contributed by atoms with Crippen molar-refractivity contribution in [1.82, 2.24) is 4.90 Å². The highest BCUT2D eigenvalue weighted by molar-refractivity contribution is 14.1. The largest absolute Gasteiger partial charge is 0.369 e. The highest BCUT2D eigenvalue weighted by Gasteiger charge is 2.29. The van der Waals surface area contributed by atoms with Gasteiger partial charge in [-0.05, 0) is 59.7 Å². The Labute approximate surface area is 136 Å². The van der Waals surface area contributed by atoms with Crippen molar-refractivity contribution in [2.75, 3.05) is 18.4 Å². The van der Waals surface area contributed by atoms with Crippen LogP contribution in [0.1, 0.15) is 12.8 Å². The minimum Gasteiger partial charge on any atom is -0.369 e. The number of primary amides is 1. The Bertz CT molecular complexity index is 551. The van der Waals surface area contributed by atoms with E-state index in [4.69, 9.17) is 5.73 Å². The topological polar surface area (TPSA) is 92.5 Å². The molecule has 1 aliphatic heterocycles. The molecule has 21 heavy (non-hydrogen) atoms.